The van der Waals surface area contributed by atoms with E-state index in [0.717, 1.165) is 43.3 Å². The minimum Gasteiger partial charge on any atom is -0.313 e. The Balaban J connectivity index is 2.50. The van der Waals surface area contributed by atoms with Gasteiger partial charge in [0.1, 0.15) is 11.6 Å². The second-order valence-electron chi connectivity index (χ2n) is 5.13. The Morgan fingerprint density at radius 3 is 2.75 bits per heavy atom. The summed E-state index contributed by atoms with van der Waals surface area (Å²) < 4.78 is 2.14. The molecule has 0 fully saturated rings. The van der Waals surface area contributed by atoms with Crippen molar-refractivity contribution >= 4 is 0 Å². The SMILES string of the molecule is CCCc1nccn1-c1nc(C)cc(C)c1CNCC. The van der Waals surface area contributed by atoms with Crippen molar-refractivity contribution in [3.63, 3.8) is 0 Å². The molecule has 0 amide bonds. The predicted molar refractivity (Wildman–Crippen MR) is 82.2 cm³/mol. The van der Waals surface area contributed by atoms with E-state index in [1.54, 1.807) is 0 Å². The number of rotatable bonds is 6. The lowest BCUT2D eigenvalue weighted by molar-refractivity contribution is 0.707. The first-order valence-electron chi connectivity index (χ1n) is 7.37. The number of pyridine rings is 1. The van der Waals surface area contributed by atoms with Crippen molar-refractivity contribution in [2.24, 2.45) is 0 Å². The zero-order chi connectivity index (χ0) is 14.5. The van der Waals surface area contributed by atoms with Gasteiger partial charge in [-0.3, -0.25) is 4.57 Å². The van der Waals surface area contributed by atoms with E-state index in [4.69, 9.17) is 4.98 Å². The van der Waals surface area contributed by atoms with Gasteiger partial charge in [0, 0.05) is 36.6 Å². The van der Waals surface area contributed by atoms with Crippen LogP contribution in [0.2, 0.25) is 0 Å². The summed E-state index contributed by atoms with van der Waals surface area (Å²) in [5.41, 5.74) is 3.59. The summed E-state index contributed by atoms with van der Waals surface area (Å²) in [5, 5.41) is 3.40. The molecule has 2 aromatic heterocycles. The smallest absolute Gasteiger partial charge is 0.143 e. The highest BCUT2D eigenvalue weighted by Gasteiger charge is 2.13. The number of nitrogens with one attached hydrogen (secondary N) is 1. The molecule has 20 heavy (non-hydrogen) atoms. The average molecular weight is 272 g/mol. The highest BCUT2D eigenvalue weighted by molar-refractivity contribution is 5.42. The van der Waals surface area contributed by atoms with Gasteiger partial charge in [-0.05, 0) is 38.4 Å². The van der Waals surface area contributed by atoms with Crippen molar-refractivity contribution in [2.75, 3.05) is 6.54 Å². The van der Waals surface area contributed by atoms with E-state index in [-0.39, 0.29) is 0 Å². The van der Waals surface area contributed by atoms with E-state index < -0.39 is 0 Å². The van der Waals surface area contributed by atoms with E-state index in [9.17, 15) is 0 Å². The summed E-state index contributed by atoms with van der Waals surface area (Å²) in [4.78, 5) is 9.22. The molecule has 0 aliphatic rings. The molecule has 0 spiro atoms. The van der Waals surface area contributed by atoms with E-state index >= 15 is 0 Å². The van der Waals surface area contributed by atoms with Gasteiger partial charge in [-0.15, -0.1) is 0 Å². The van der Waals surface area contributed by atoms with Crippen molar-refractivity contribution in [1.29, 1.82) is 0 Å². The normalized spacial score (nSPS) is 11.0. The molecule has 2 aromatic rings. The monoisotopic (exact) mass is 272 g/mol. The largest absolute Gasteiger partial charge is 0.313 e. The Labute approximate surface area is 121 Å². The van der Waals surface area contributed by atoms with Crippen LogP contribution in [-0.4, -0.2) is 21.1 Å². The van der Waals surface area contributed by atoms with Gasteiger partial charge in [-0.25, -0.2) is 9.97 Å². The number of aryl methyl sites for hydroxylation is 3. The zero-order valence-electron chi connectivity index (χ0n) is 12.9. The van der Waals surface area contributed by atoms with Crippen LogP contribution in [0.5, 0.6) is 0 Å². The van der Waals surface area contributed by atoms with Crippen LogP contribution in [0.4, 0.5) is 0 Å². The summed E-state index contributed by atoms with van der Waals surface area (Å²) >= 11 is 0. The van der Waals surface area contributed by atoms with Gasteiger partial charge in [-0.1, -0.05) is 13.8 Å². The fraction of sp³-hybridized carbons (Fsp3) is 0.500. The number of aromatic nitrogens is 3. The van der Waals surface area contributed by atoms with E-state index in [0.29, 0.717) is 0 Å². The molecule has 0 saturated heterocycles. The summed E-state index contributed by atoms with van der Waals surface area (Å²) in [6.07, 6.45) is 5.94. The highest BCUT2D eigenvalue weighted by atomic mass is 15.1. The predicted octanol–water partition coefficient (Wildman–Crippen LogP) is 2.95. The summed E-state index contributed by atoms with van der Waals surface area (Å²) in [7, 11) is 0. The van der Waals surface area contributed by atoms with Crippen molar-refractivity contribution in [1.82, 2.24) is 19.9 Å². The maximum Gasteiger partial charge on any atom is 0.143 e. The molecular weight excluding hydrogens is 248 g/mol. The van der Waals surface area contributed by atoms with Crippen LogP contribution in [-0.2, 0) is 13.0 Å². The second kappa shape index (κ2) is 6.66. The molecule has 0 unspecified atom stereocenters. The van der Waals surface area contributed by atoms with Crippen LogP contribution in [0.1, 0.15) is 42.9 Å². The van der Waals surface area contributed by atoms with Gasteiger partial charge in [0.15, 0.2) is 0 Å². The quantitative estimate of drug-likeness (QED) is 0.879. The van der Waals surface area contributed by atoms with Crippen LogP contribution < -0.4 is 5.32 Å². The Morgan fingerprint density at radius 1 is 1.25 bits per heavy atom. The molecule has 0 aliphatic carbocycles. The first kappa shape index (κ1) is 14.7. The van der Waals surface area contributed by atoms with Gasteiger partial charge in [0.25, 0.3) is 0 Å². The molecule has 0 aromatic carbocycles. The van der Waals surface area contributed by atoms with Crippen LogP contribution in [0, 0.1) is 13.8 Å². The lowest BCUT2D eigenvalue weighted by Gasteiger charge is -2.15. The summed E-state index contributed by atoms with van der Waals surface area (Å²) in [6, 6.07) is 2.15. The standard InChI is InChI=1S/C16H24N4/c1-5-7-15-18-8-9-20(15)16-14(11-17-6-2)12(3)10-13(4)19-16/h8-10,17H,5-7,11H2,1-4H3. The Hall–Kier alpha value is -1.68. The molecule has 0 atom stereocenters. The van der Waals surface area contributed by atoms with Gasteiger partial charge in [0.2, 0.25) is 0 Å². The number of hydrogen-bond acceptors (Lipinski definition) is 3. The van der Waals surface area contributed by atoms with Crippen LogP contribution in [0.15, 0.2) is 18.5 Å². The molecule has 4 heteroatoms. The highest BCUT2D eigenvalue weighted by Crippen LogP contribution is 2.20. The molecule has 0 aliphatic heterocycles. The molecule has 2 heterocycles. The van der Waals surface area contributed by atoms with Crippen LogP contribution >= 0.6 is 0 Å². The minimum atomic E-state index is 0.842. The summed E-state index contributed by atoms with van der Waals surface area (Å²) in [6.45, 7) is 10.3. The van der Waals surface area contributed by atoms with E-state index in [1.165, 1.54) is 11.1 Å². The van der Waals surface area contributed by atoms with Crippen LogP contribution in [0.3, 0.4) is 0 Å². The average Bonchev–Trinajstić information content (AvgIpc) is 2.85. The Morgan fingerprint density at radius 2 is 2.05 bits per heavy atom. The van der Waals surface area contributed by atoms with Crippen molar-refractivity contribution in [3.8, 4) is 5.82 Å². The molecule has 4 nitrogen and oxygen atoms in total. The van der Waals surface area contributed by atoms with Gasteiger partial charge >= 0.3 is 0 Å². The lowest BCUT2D eigenvalue weighted by atomic mass is 10.1. The molecule has 0 saturated carbocycles. The van der Waals surface area contributed by atoms with Gasteiger partial charge in [0.05, 0.1) is 0 Å². The maximum absolute atomic E-state index is 4.76. The van der Waals surface area contributed by atoms with Gasteiger partial charge in [-0.2, -0.15) is 0 Å². The second-order valence-corrected chi connectivity index (χ2v) is 5.13. The first-order valence-corrected chi connectivity index (χ1v) is 7.37. The molecule has 2 rings (SSSR count). The molecular formula is C16H24N4. The lowest BCUT2D eigenvalue weighted by Crippen LogP contribution is -2.17. The fourth-order valence-corrected chi connectivity index (χ4v) is 2.45. The fourth-order valence-electron chi connectivity index (χ4n) is 2.45. The van der Waals surface area contributed by atoms with Crippen molar-refractivity contribution < 1.29 is 0 Å². The Kier molecular flexibility index (Phi) is 4.90. The Bertz CT molecular complexity index is 572. The third kappa shape index (κ3) is 3.07. The molecule has 0 radical (unpaired) electrons. The van der Waals surface area contributed by atoms with Crippen LogP contribution in [0.25, 0.3) is 5.82 Å². The molecule has 108 valence electrons. The van der Waals surface area contributed by atoms with Crippen molar-refractivity contribution in [2.45, 2.75) is 47.1 Å². The number of imidazole rings is 1. The summed E-state index contributed by atoms with van der Waals surface area (Å²) in [5.74, 6) is 2.10. The zero-order valence-corrected chi connectivity index (χ0v) is 12.9. The van der Waals surface area contributed by atoms with E-state index in [1.807, 2.05) is 19.3 Å². The maximum atomic E-state index is 4.76. The molecule has 0 bridgehead atoms. The third-order valence-corrected chi connectivity index (χ3v) is 3.42. The molecule has 1 N–H and O–H groups in total. The minimum absolute atomic E-state index is 0.842. The number of hydrogen-bond donors (Lipinski definition) is 1. The third-order valence-electron chi connectivity index (χ3n) is 3.42. The first-order chi connectivity index (χ1) is 9.67. The number of nitrogens with zero attached hydrogens (tertiary/aromatic N) is 3. The topological polar surface area (TPSA) is 42.7 Å². The van der Waals surface area contributed by atoms with E-state index in [2.05, 4.69) is 41.7 Å². The van der Waals surface area contributed by atoms with Gasteiger partial charge < -0.3 is 5.32 Å². The van der Waals surface area contributed by atoms with Crippen molar-refractivity contribution in [3.05, 3.63) is 41.1 Å².